The number of thiophene rings is 1. The molecule has 43 heavy (non-hydrogen) atoms. The van der Waals surface area contributed by atoms with E-state index in [1.165, 1.54) is 58.4 Å². The lowest BCUT2D eigenvalue weighted by atomic mass is 9.85. The molecule has 0 aliphatic heterocycles. The van der Waals surface area contributed by atoms with Gasteiger partial charge in [0.05, 0.1) is 11.6 Å². The Hall–Kier alpha value is -5.38. The first kappa shape index (κ1) is 23.2. The number of fused-ring (bicyclic) bond motifs is 10. The fourth-order valence-electron chi connectivity index (χ4n) is 7.11. The summed E-state index contributed by atoms with van der Waals surface area (Å²) < 4.78 is 15.3. The van der Waals surface area contributed by atoms with Crippen molar-refractivity contribution in [3.8, 4) is 22.3 Å². The number of hydrogen-bond donors (Lipinski definition) is 0. The zero-order valence-electron chi connectivity index (χ0n) is 22.9. The smallest absolute Gasteiger partial charge is 0.147 e. The zero-order valence-corrected chi connectivity index (χ0v) is 23.7. The highest BCUT2D eigenvalue weighted by molar-refractivity contribution is 7.25. The second kappa shape index (κ2) is 8.57. The number of para-hydroxylation sites is 1. The lowest BCUT2D eigenvalue weighted by molar-refractivity contribution is 0.618. The number of furan rings is 2. The van der Waals surface area contributed by atoms with E-state index in [2.05, 4.69) is 115 Å². The molecule has 3 heteroatoms. The van der Waals surface area contributed by atoms with Crippen molar-refractivity contribution in [3.05, 3.63) is 134 Å². The predicted molar refractivity (Wildman–Crippen MR) is 182 cm³/mol. The van der Waals surface area contributed by atoms with E-state index in [1.807, 2.05) is 23.5 Å². The van der Waals surface area contributed by atoms with Crippen LogP contribution in [0.15, 0.2) is 142 Å². The number of rotatable bonds is 2. The summed E-state index contributed by atoms with van der Waals surface area (Å²) in [6, 6.07) is 45.8. The molecule has 0 saturated heterocycles. The van der Waals surface area contributed by atoms with E-state index in [0.29, 0.717) is 0 Å². The summed E-state index contributed by atoms with van der Waals surface area (Å²) in [5, 5.41) is 10.7. The highest BCUT2D eigenvalue weighted by atomic mass is 32.1. The Bertz CT molecular complexity index is 2680. The molecule has 0 spiro atoms. The van der Waals surface area contributed by atoms with Crippen LogP contribution >= 0.6 is 11.3 Å². The van der Waals surface area contributed by atoms with Crippen LogP contribution < -0.4 is 0 Å². The summed E-state index contributed by atoms with van der Waals surface area (Å²) in [5.41, 5.74) is 7.36. The van der Waals surface area contributed by atoms with Crippen LogP contribution in [-0.2, 0) is 0 Å². The molecule has 3 heterocycles. The van der Waals surface area contributed by atoms with Crippen molar-refractivity contribution < 1.29 is 8.83 Å². The van der Waals surface area contributed by atoms with Gasteiger partial charge in [-0.3, -0.25) is 0 Å². The molecule has 2 nitrogen and oxygen atoms in total. The molecule has 200 valence electrons. The summed E-state index contributed by atoms with van der Waals surface area (Å²) in [7, 11) is 0. The third kappa shape index (κ3) is 3.17. The standard InChI is InChI=1S/C40H22O2S/c1-3-12-29-27(10-1)36(23-17-18-26-25-9-6-8-16-34(25)43-35(26)22-23)28-11-2-4-13-30(28)37(29)32-21-24-19-20-41-39(24)38-31-14-5-7-15-33(31)42-40(32)38/h1-22H. The van der Waals surface area contributed by atoms with Gasteiger partial charge < -0.3 is 8.83 Å². The third-order valence-corrected chi connectivity index (χ3v) is 10.1. The minimum Gasteiger partial charge on any atom is -0.464 e. The van der Waals surface area contributed by atoms with E-state index in [0.717, 1.165) is 38.5 Å². The molecule has 10 aromatic rings. The minimum atomic E-state index is 0.860. The van der Waals surface area contributed by atoms with Crippen molar-refractivity contribution in [1.82, 2.24) is 0 Å². The van der Waals surface area contributed by atoms with Gasteiger partial charge in [-0.05, 0) is 63.0 Å². The van der Waals surface area contributed by atoms with Crippen LogP contribution in [0.1, 0.15) is 0 Å². The second-order valence-corrected chi connectivity index (χ2v) is 12.3. The molecule has 0 amide bonds. The van der Waals surface area contributed by atoms with Crippen LogP contribution in [0.5, 0.6) is 0 Å². The average molecular weight is 567 g/mol. The van der Waals surface area contributed by atoms with Crippen LogP contribution in [-0.4, -0.2) is 0 Å². The van der Waals surface area contributed by atoms with Crippen molar-refractivity contribution in [2.45, 2.75) is 0 Å². The van der Waals surface area contributed by atoms with E-state index in [1.54, 1.807) is 6.26 Å². The first-order chi connectivity index (χ1) is 21.3. The highest BCUT2D eigenvalue weighted by Crippen LogP contribution is 2.49. The second-order valence-electron chi connectivity index (χ2n) is 11.2. The Kier molecular flexibility index (Phi) is 4.63. The SMILES string of the molecule is c1ccc2c(c1)oc1c(-c3c4ccccc4c(-c4ccc5c(c4)sc4ccccc45)c4ccccc34)cc3ccoc3c12. The van der Waals surface area contributed by atoms with Crippen LogP contribution in [0, 0.1) is 0 Å². The Labute approximate surface area is 250 Å². The van der Waals surface area contributed by atoms with Crippen molar-refractivity contribution in [2.24, 2.45) is 0 Å². The highest BCUT2D eigenvalue weighted by Gasteiger charge is 2.23. The van der Waals surface area contributed by atoms with Crippen molar-refractivity contribution in [1.29, 1.82) is 0 Å². The van der Waals surface area contributed by atoms with Crippen LogP contribution in [0.3, 0.4) is 0 Å². The van der Waals surface area contributed by atoms with Gasteiger partial charge in [0.2, 0.25) is 0 Å². The Morgan fingerprint density at radius 1 is 0.465 bits per heavy atom. The molecule has 10 rings (SSSR count). The Morgan fingerprint density at radius 3 is 1.86 bits per heavy atom. The maximum Gasteiger partial charge on any atom is 0.147 e. The summed E-state index contributed by atoms with van der Waals surface area (Å²) in [6.45, 7) is 0. The van der Waals surface area contributed by atoms with Crippen LogP contribution in [0.2, 0.25) is 0 Å². The van der Waals surface area contributed by atoms with Crippen molar-refractivity contribution in [2.75, 3.05) is 0 Å². The number of benzene rings is 7. The van der Waals surface area contributed by atoms with Gasteiger partial charge in [-0.2, -0.15) is 0 Å². The van der Waals surface area contributed by atoms with Crippen LogP contribution in [0.25, 0.3) is 96.9 Å². The van der Waals surface area contributed by atoms with Gasteiger partial charge in [0, 0.05) is 42.1 Å². The van der Waals surface area contributed by atoms with Gasteiger partial charge in [-0.25, -0.2) is 0 Å². The van der Waals surface area contributed by atoms with E-state index in [9.17, 15) is 0 Å². The molecule has 0 N–H and O–H groups in total. The summed E-state index contributed by atoms with van der Waals surface area (Å²) in [4.78, 5) is 0. The molecule has 3 aromatic heterocycles. The van der Waals surface area contributed by atoms with E-state index >= 15 is 0 Å². The predicted octanol–water partition coefficient (Wildman–Crippen LogP) is 12.3. The Balaban J connectivity index is 1.35. The first-order valence-corrected chi connectivity index (χ1v) is 15.3. The number of hydrogen-bond acceptors (Lipinski definition) is 3. The maximum absolute atomic E-state index is 6.65. The van der Waals surface area contributed by atoms with E-state index in [4.69, 9.17) is 8.83 Å². The molecule has 7 aromatic carbocycles. The topological polar surface area (TPSA) is 26.3 Å². The lowest BCUT2D eigenvalue weighted by Crippen LogP contribution is -1.91. The molecule has 0 aliphatic rings. The molecular weight excluding hydrogens is 545 g/mol. The molecule has 0 radical (unpaired) electrons. The van der Waals surface area contributed by atoms with Crippen LogP contribution in [0.4, 0.5) is 0 Å². The van der Waals surface area contributed by atoms with E-state index < -0.39 is 0 Å². The average Bonchev–Trinajstić information content (AvgIpc) is 3.78. The molecule has 0 fully saturated rings. The summed E-state index contributed by atoms with van der Waals surface area (Å²) in [5.74, 6) is 0. The summed E-state index contributed by atoms with van der Waals surface area (Å²) in [6.07, 6.45) is 1.78. The minimum absolute atomic E-state index is 0.860. The van der Waals surface area contributed by atoms with E-state index in [-0.39, 0.29) is 0 Å². The van der Waals surface area contributed by atoms with Gasteiger partial charge in [-0.1, -0.05) is 97.1 Å². The molecule has 0 atom stereocenters. The van der Waals surface area contributed by atoms with Gasteiger partial charge in [0.1, 0.15) is 16.7 Å². The molecule has 0 saturated carbocycles. The molecule has 0 bridgehead atoms. The fraction of sp³-hybridized carbons (Fsp3) is 0. The lowest BCUT2D eigenvalue weighted by Gasteiger charge is -2.18. The maximum atomic E-state index is 6.65. The first-order valence-electron chi connectivity index (χ1n) is 14.5. The quantitative estimate of drug-likeness (QED) is 0.195. The van der Waals surface area contributed by atoms with Gasteiger partial charge in [0.25, 0.3) is 0 Å². The van der Waals surface area contributed by atoms with Gasteiger partial charge in [-0.15, -0.1) is 11.3 Å². The zero-order chi connectivity index (χ0) is 28.1. The normalized spacial score (nSPS) is 12.2. The summed E-state index contributed by atoms with van der Waals surface area (Å²) >= 11 is 1.87. The Morgan fingerprint density at radius 2 is 1.09 bits per heavy atom. The molecular formula is C40H22O2S. The molecule has 0 unspecified atom stereocenters. The fourth-order valence-corrected chi connectivity index (χ4v) is 8.26. The molecule has 0 aliphatic carbocycles. The largest absolute Gasteiger partial charge is 0.464 e. The van der Waals surface area contributed by atoms with Crippen molar-refractivity contribution >= 4 is 86.0 Å². The van der Waals surface area contributed by atoms with Gasteiger partial charge >= 0.3 is 0 Å². The van der Waals surface area contributed by atoms with Crippen molar-refractivity contribution in [3.63, 3.8) is 0 Å². The third-order valence-electron chi connectivity index (χ3n) is 8.93. The van der Waals surface area contributed by atoms with Gasteiger partial charge in [0.15, 0.2) is 0 Å². The monoisotopic (exact) mass is 566 g/mol.